The van der Waals surface area contributed by atoms with Gasteiger partial charge < -0.3 is 30.7 Å². The maximum absolute atomic E-state index is 13.3. The molecular weight excluding hydrogens is 506 g/mol. The molecular formula is C32H39N3O5. The van der Waals surface area contributed by atoms with E-state index in [2.05, 4.69) is 5.32 Å². The van der Waals surface area contributed by atoms with Crippen LogP contribution in [0.4, 0.5) is 5.69 Å². The van der Waals surface area contributed by atoms with Gasteiger partial charge in [-0.3, -0.25) is 4.79 Å². The average Bonchev–Trinajstić information content (AvgIpc) is 3.68. The smallest absolute Gasteiger partial charge is 0.163 e. The highest BCUT2D eigenvalue weighted by atomic mass is 16.5. The van der Waals surface area contributed by atoms with Gasteiger partial charge in [-0.15, -0.1) is 0 Å². The molecule has 1 saturated carbocycles. The Balaban J connectivity index is 1.38. The van der Waals surface area contributed by atoms with E-state index in [4.69, 9.17) is 20.2 Å². The van der Waals surface area contributed by atoms with E-state index in [1.54, 1.807) is 32.0 Å². The van der Waals surface area contributed by atoms with Gasteiger partial charge in [-0.05, 0) is 71.2 Å². The number of carbonyl (C=O) groups excluding carboxylic acids is 1. The molecule has 3 aromatic rings. The number of aliphatic hydroxyl groups is 2. The average molecular weight is 546 g/mol. The third-order valence-corrected chi connectivity index (χ3v) is 7.55. The number of aromatic nitrogens is 1. The summed E-state index contributed by atoms with van der Waals surface area (Å²) in [5.74, 6) is 0.882. The third-order valence-electron chi connectivity index (χ3n) is 7.55. The number of hydrogen-bond donors (Lipinski definition) is 4. The summed E-state index contributed by atoms with van der Waals surface area (Å²) in [7, 11) is 0. The number of hydrogen-bond acceptors (Lipinski definition) is 8. The summed E-state index contributed by atoms with van der Waals surface area (Å²) >= 11 is 0. The van der Waals surface area contributed by atoms with E-state index in [1.165, 1.54) is 0 Å². The molecule has 0 saturated heterocycles. The van der Waals surface area contributed by atoms with Crippen LogP contribution < -0.4 is 20.5 Å². The summed E-state index contributed by atoms with van der Waals surface area (Å²) in [5, 5.41) is 24.6. The molecule has 1 aliphatic carbocycles. The molecule has 1 fully saturated rings. The molecule has 0 radical (unpaired) electrons. The third kappa shape index (κ3) is 6.14. The lowest BCUT2D eigenvalue weighted by Gasteiger charge is -2.26. The molecule has 2 heterocycles. The highest BCUT2D eigenvalue weighted by Gasteiger charge is 2.36. The SMILES string of the molecule is Cc1ccc(-c2nc(C(C)(O)CCC(=O)c3ccc(OCC(C)O)c(OC4CC4)c3)cc3c2NCC3(C)N)cc1. The summed E-state index contributed by atoms with van der Waals surface area (Å²) in [6.45, 7) is 8.03. The number of nitrogens with zero attached hydrogens (tertiary/aromatic N) is 1. The van der Waals surface area contributed by atoms with Gasteiger partial charge in [-0.25, -0.2) is 4.98 Å². The predicted molar refractivity (Wildman–Crippen MR) is 155 cm³/mol. The van der Waals surface area contributed by atoms with Crippen molar-refractivity contribution in [2.45, 2.75) is 76.7 Å². The van der Waals surface area contributed by atoms with Crippen LogP contribution in [0.1, 0.15) is 73.6 Å². The quantitative estimate of drug-likeness (QED) is 0.253. The minimum absolute atomic E-state index is 0.112. The van der Waals surface area contributed by atoms with Crippen molar-refractivity contribution in [3.63, 3.8) is 0 Å². The standard InChI is InChI=1S/C32H39N3O5/c1-19-5-7-21(8-6-19)29-30-24(31(3,33)18-34-30)16-28(35-29)32(4,38)14-13-25(37)22-9-12-26(39-17-20(2)36)27(15-22)40-23-10-11-23/h5-9,12,15-16,20,23,34,36,38H,10-11,13-14,17-18,33H2,1-4H3. The molecule has 212 valence electrons. The normalized spacial score (nSPS) is 20.3. The zero-order valence-electron chi connectivity index (χ0n) is 23.7. The second-order valence-corrected chi connectivity index (χ2v) is 11.8. The van der Waals surface area contributed by atoms with Crippen LogP contribution in [0.25, 0.3) is 11.3 Å². The Morgan fingerprint density at radius 3 is 2.60 bits per heavy atom. The Kier molecular flexibility index (Phi) is 7.61. The number of anilines is 1. The minimum atomic E-state index is -1.36. The summed E-state index contributed by atoms with van der Waals surface area (Å²) in [4.78, 5) is 18.2. The molecule has 3 unspecified atom stereocenters. The van der Waals surface area contributed by atoms with E-state index < -0.39 is 17.2 Å². The van der Waals surface area contributed by atoms with Crippen LogP contribution in [0.2, 0.25) is 0 Å². The topological polar surface area (TPSA) is 127 Å². The maximum Gasteiger partial charge on any atom is 0.163 e. The molecule has 2 aromatic carbocycles. The lowest BCUT2D eigenvalue weighted by molar-refractivity contribution is 0.0397. The van der Waals surface area contributed by atoms with Crippen LogP contribution in [0.5, 0.6) is 11.5 Å². The second kappa shape index (κ2) is 10.8. The van der Waals surface area contributed by atoms with Gasteiger partial charge in [0.2, 0.25) is 0 Å². The van der Waals surface area contributed by atoms with Crippen molar-refractivity contribution in [3.8, 4) is 22.8 Å². The molecule has 5 rings (SSSR count). The summed E-state index contributed by atoms with van der Waals surface area (Å²) in [6.07, 6.45) is 1.72. The summed E-state index contributed by atoms with van der Waals surface area (Å²) in [6, 6.07) is 15.1. The monoisotopic (exact) mass is 545 g/mol. The molecule has 8 nitrogen and oxygen atoms in total. The highest BCUT2D eigenvalue weighted by molar-refractivity contribution is 5.96. The number of aryl methyl sites for hydroxylation is 1. The molecule has 0 bridgehead atoms. The number of rotatable bonds is 11. The van der Waals surface area contributed by atoms with Crippen molar-refractivity contribution in [2.75, 3.05) is 18.5 Å². The van der Waals surface area contributed by atoms with Crippen LogP contribution in [-0.2, 0) is 11.1 Å². The zero-order chi connectivity index (χ0) is 28.7. The van der Waals surface area contributed by atoms with Gasteiger partial charge in [0.25, 0.3) is 0 Å². The lowest BCUT2D eigenvalue weighted by atomic mass is 9.88. The van der Waals surface area contributed by atoms with E-state index in [1.807, 2.05) is 44.2 Å². The van der Waals surface area contributed by atoms with Crippen molar-refractivity contribution in [2.24, 2.45) is 5.73 Å². The fourth-order valence-electron chi connectivity index (χ4n) is 4.84. The number of ketones is 1. The van der Waals surface area contributed by atoms with Gasteiger partial charge in [-0.2, -0.15) is 0 Å². The van der Waals surface area contributed by atoms with Crippen LogP contribution in [0, 0.1) is 6.92 Å². The van der Waals surface area contributed by atoms with Crippen LogP contribution in [-0.4, -0.2) is 46.3 Å². The summed E-state index contributed by atoms with van der Waals surface area (Å²) < 4.78 is 11.7. The Bertz CT molecular complexity index is 1390. The predicted octanol–water partition coefficient (Wildman–Crippen LogP) is 4.83. The fourth-order valence-corrected chi connectivity index (χ4v) is 4.84. The number of fused-ring (bicyclic) bond motifs is 1. The molecule has 40 heavy (non-hydrogen) atoms. The lowest BCUT2D eigenvalue weighted by Crippen LogP contribution is -2.35. The largest absolute Gasteiger partial charge is 0.487 e. The first-order chi connectivity index (χ1) is 18.9. The molecule has 1 aromatic heterocycles. The van der Waals surface area contributed by atoms with Gasteiger partial charge in [0.05, 0.1) is 34.8 Å². The van der Waals surface area contributed by atoms with Crippen molar-refractivity contribution in [3.05, 3.63) is 70.9 Å². The van der Waals surface area contributed by atoms with E-state index in [-0.39, 0.29) is 31.3 Å². The Labute approximate surface area is 235 Å². The molecule has 0 spiro atoms. The second-order valence-electron chi connectivity index (χ2n) is 11.8. The van der Waals surface area contributed by atoms with E-state index in [0.717, 1.165) is 40.9 Å². The molecule has 2 aliphatic rings. The van der Waals surface area contributed by atoms with Gasteiger partial charge >= 0.3 is 0 Å². The number of nitrogens with one attached hydrogen (secondary N) is 1. The number of pyridine rings is 1. The van der Waals surface area contributed by atoms with Crippen LogP contribution >= 0.6 is 0 Å². The number of carbonyl (C=O) groups is 1. The number of benzene rings is 2. The number of Topliss-reactive ketones (excluding diaryl/α,β-unsaturated/α-hetero) is 1. The van der Waals surface area contributed by atoms with Crippen LogP contribution in [0.3, 0.4) is 0 Å². The maximum atomic E-state index is 13.3. The van der Waals surface area contributed by atoms with Crippen LogP contribution in [0.15, 0.2) is 48.5 Å². The Morgan fingerprint density at radius 2 is 1.93 bits per heavy atom. The summed E-state index contributed by atoms with van der Waals surface area (Å²) in [5.41, 5.74) is 10.2. The van der Waals surface area contributed by atoms with Crippen molar-refractivity contribution < 1.29 is 24.5 Å². The molecule has 1 aliphatic heterocycles. The van der Waals surface area contributed by atoms with Crippen molar-refractivity contribution >= 4 is 11.5 Å². The van der Waals surface area contributed by atoms with Crippen molar-refractivity contribution in [1.82, 2.24) is 4.98 Å². The molecule has 5 N–H and O–H groups in total. The minimum Gasteiger partial charge on any atom is -0.487 e. The Hall–Kier alpha value is -3.46. The van der Waals surface area contributed by atoms with Gasteiger partial charge in [0.15, 0.2) is 17.3 Å². The zero-order valence-corrected chi connectivity index (χ0v) is 23.7. The van der Waals surface area contributed by atoms with E-state index >= 15 is 0 Å². The molecule has 0 amide bonds. The molecule has 8 heteroatoms. The molecule has 3 atom stereocenters. The van der Waals surface area contributed by atoms with E-state index in [9.17, 15) is 15.0 Å². The highest BCUT2D eigenvalue weighted by Crippen LogP contribution is 2.42. The first-order valence-corrected chi connectivity index (χ1v) is 14.0. The Morgan fingerprint density at radius 1 is 1.20 bits per heavy atom. The van der Waals surface area contributed by atoms with Crippen molar-refractivity contribution in [1.29, 1.82) is 0 Å². The number of nitrogens with two attached hydrogens (primary N) is 1. The first kappa shape index (κ1) is 28.1. The number of aliphatic hydroxyl groups excluding tert-OH is 1. The van der Waals surface area contributed by atoms with E-state index in [0.29, 0.717) is 29.3 Å². The first-order valence-electron chi connectivity index (χ1n) is 14.0. The van der Waals surface area contributed by atoms with Gasteiger partial charge in [0, 0.05) is 29.7 Å². The van der Waals surface area contributed by atoms with Gasteiger partial charge in [-0.1, -0.05) is 29.8 Å². The van der Waals surface area contributed by atoms with Gasteiger partial charge in [0.1, 0.15) is 12.2 Å². The number of ether oxygens (including phenoxy) is 2. The fraction of sp³-hybridized carbons (Fsp3) is 0.438.